The Morgan fingerprint density at radius 1 is 0.969 bits per heavy atom. The number of anilines is 1. The van der Waals surface area contributed by atoms with Gasteiger partial charge in [0.15, 0.2) is 6.61 Å². The van der Waals surface area contributed by atoms with Crippen molar-refractivity contribution >= 4 is 46.8 Å². The van der Waals surface area contributed by atoms with Gasteiger partial charge in [-0.25, -0.2) is 4.79 Å². The average Bonchev–Trinajstić information content (AvgIpc) is 2.79. The molecule has 0 unspecified atom stereocenters. The Balaban J connectivity index is 1.44. The zero-order chi connectivity index (χ0) is 22.9. The first-order valence-electron chi connectivity index (χ1n) is 9.78. The molecule has 0 fully saturated rings. The van der Waals surface area contributed by atoms with Crippen molar-refractivity contribution < 1.29 is 19.1 Å². The van der Waals surface area contributed by atoms with Crippen molar-refractivity contribution in [1.29, 1.82) is 0 Å². The maximum Gasteiger partial charge on any atom is 0.331 e. The van der Waals surface area contributed by atoms with Crippen molar-refractivity contribution in [3.8, 4) is 5.75 Å². The van der Waals surface area contributed by atoms with E-state index in [2.05, 4.69) is 5.32 Å². The van der Waals surface area contributed by atoms with Crippen LogP contribution in [0.5, 0.6) is 5.75 Å². The van der Waals surface area contributed by atoms with Gasteiger partial charge in [0.2, 0.25) is 0 Å². The summed E-state index contributed by atoms with van der Waals surface area (Å²) in [4.78, 5) is 23.8. The molecule has 1 amide bonds. The van der Waals surface area contributed by atoms with Crippen LogP contribution in [0.25, 0.3) is 6.08 Å². The van der Waals surface area contributed by atoms with Gasteiger partial charge in [0.05, 0.1) is 0 Å². The predicted molar refractivity (Wildman–Crippen MR) is 127 cm³/mol. The molecule has 0 aliphatic carbocycles. The van der Waals surface area contributed by atoms with Crippen LogP contribution in [-0.2, 0) is 20.9 Å². The van der Waals surface area contributed by atoms with E-state index in [0.29, 0.717) is 28.1 Å². The van der Waals surface area contributed by atoms with Gasteiger partial charge in [-0.05, 0) is 54.5 Å². The van der Waals surface area contributed by atoms with Gasteiger partial charge in [0, 0.05) is 27.4 Å². The van der Waals surface area contributed by atoms with E-state index in [1.165, 1.54) is 6.08 Å². The third kappa shape index (κ3) is 7.15. The molecule has 0 heterocycles. The normalized spacial score (nSPS) is 10.7. The number of esters is 1. The molecule has 0 atom stereocenters. The summed E-state index contributed by atoms with van der Waals surface area (Å²) >= 11 is 12.1. The second-order valence-corrected chi connectivity index (χ2v) is 7.72. The van der Waals surface area contributed by atoms with Crippen LogP contribution in [0.4, 0.5) is 5.69 Å². The Bertz CT molecular complexity index is 1130. The summed E-state index contributed by atoms with van der Waals surface area (Å²) in [7, 11) is 0. The first kappa shape index (κ1) is 23.4. The van der Waals surface area contributed by atoms with Crippen LogP contribution < -0.4 is 10.1 Å². The number of hydrogen-bond donors (Lipinski definition) is 1. The van der Waals surface area contributed by atoms with Crippen LogP contribution in [0, 0.1) is 6.92 Å². The number of nitrogens with one attached hydrogen (secondary N) is 1. The quantitative estimate of drug-likeness (QED) is 0.320. The van der Waals surface area contributed by atoms with Gasteiger partial charge in [0.25, 0.3) is 5.91 Å². The highest BCUT2D eigenvalue weighted by Gasteiger charge is 2.07. The van der Waals surface area contributed by atoms with Crippen LogP contribution in [0.15, 0.2) is 72.8 Å². The van der Waals surface area contributed by atoms with Crippen molar-refractivity contribution in [2.45, 2.75) is 13.5 Å². The number of amides is 1. The minimum absolute atomic E-state index is 0.359. The number of halogens is 2. The van der Waals surface area contributed by atoms with Crippen LogP contribution in [0.1, 0.15) is 16.7 Å². The van der Waals surface area contributed by atoms with Crippen LogP contribution >= 0.6 is 23.2 Å². The van der Waals surface area contributed by atoms with Crippen LogP contribution in [0.3, 0.4) is 0 Å². The maximum absolute atomic E-state index is 11.9. The fourth-order valence-corrected chi connectivity index (χ4v) is 3.04. The van der Waals surface area contributed by atoms with Gasteiger partial charge in [0.1, 0.15) is 12.4 Å². The molecular formula is C25H21Cl2NO4. The monoisotopic (exact) mass is 469 g/mol. The number of ether oxygens (including phenoxy) is 2. The molecule has 3 aromatic carbocycles. The highest BCUT2D eigenvalue weighted by molar-refractivity contribution is 6.31. The molecule has 32 heavy (non-hydrogen) atoms. The van der Waals surface area contributed by atoms with E-state index in [1.54, 1.807) is 48.5 Å². The maximum atomic E-state index is 11.9. The Kier molecular flexibility index (Phi) is 8.31. The van der Waals surface area contributed by atoms with Crippen molar-refractivity contribution in [3.05, 3.63) is 99.5 Å². The van der Waals surface area contributed by atoms with E-state index in [0.717, 1.165) is 16.7 Å². The van der Waals surface area contributed by atoms with Gasteiger partial charge in [-0.1, -0.05) is 59.6 Å². The van der Waals surface area contributed by atoms with Gasteiger partial charge in [-0.3, -0.25) is 4.79 Å². The Labute approximate surface area is 196 Å². The number of benzene rings is 3. The minimum atomic E-state index is -0.624. The highest BCUT2D eigenvalue weighted by atomic mass is 35.5. The van der Waals surface area contributed by atoms with E-state index in [4.69, 9.17) is 32.7 Å². The molecule has 0 aliphatic rings. The molecule has 0 radical (unpaired) electrons. The smallest absolute Gasteiger partial charge is 0.331 e. The fourth-order valence-electron chi connectivity index (χ4n) is 2.67. The molecule has 0 bridgehead atoms. The zero-order valence-electron chi connectivity index (χ0n) is 17.3. The first-order chi connectivity index (χ1) is 15.4. The molecule has 0 saturated carbocycles. The molecule has 164 valence electrons. The van der Waals surface area contributed by atoms with E-state index < -0.39 is 18.5 Å². The molecule has 5 nitrogen and oxygen atoms in total. The molecule has 0 aromatic heterocycles. The number of hydrogen-bond acceptors (Lipinski definition) is 4. The first-order valence-corrected chi connectivity index (χ1v) is 10.5. The zero-order valence-corrected chi connectivity index (χ0v) is 18.8. The molecular weight excluding hydrogens is 449 g/mol. The SMILES string of the molecule is Cc1ccc(NC(=O)COC(=O)/C=C/c2ccc(OCc3ccccc3Cl)cc2)cc1Cl. The Hall–Kier alpha value is -3.28. The summed E-state index contributed by atoms with van der Waals surface area (Å²) < 4.78 is 10.7. The molecule has 3 rings (SSSR count). The fraction of sp³-hybridized carbons (Fsp3) is 0.120. The largest absolute Gasteiger partial charge is 0.489 e. The van der Waals surface area contributed by atoms with E-state index in [-0.39, 0.29) is 0 Å². The van der Waals surface area contributed by atoms with Gasteiger partial charge < -0.3 is 14.8 Å². The average molecular weight is 470 g/mol. The summed E-state index contributed by atoms with van der Waals surface area (Å²) in [5.74, 6) is -0.398. The Morgan fingerprint density at radius 2 is 1.72 bits per heavy atom. The van der Waals surface area contributed by atoms with Crippen LogP contribution in [-0.4, -0.2) is 18.5 Å². The lowest BCUT2D eigenvalue weighted by Gasteiger charge is -2.08. The Morgan fingerprint density at radius 3 is 2.44 bits per heavy atom. The minimum Gasteiger partial charge on any atom is -0.489 e. The van der Waals surface area contributed by atoms with Crippen molar-refractivity contribution in [2.24, 2.45) is 0 Å². The molecule has 0 spiro atoms. The number of carbonyl (C=O) groups excluding carboxylic acids is 2. The third-order valence-electron chi connectivity index (χ3n) is 4.45. The van der Waals surface area contributed by atoms with E-state index in [9.17, 15) is 9.59 Å². The predicted octanol–water partition coefficient (Wildman–Crippen LogP) is 6.08. The molecule has 3 aromatic rings. The lowest BCUT2D eigenvalue weighted by Crippen LogP contribution is -2.20. The molecule has 0 saturated heterocycles. The number of carbonyl (C=O) groups is 2. The second kappa shape index (κ2) is 11.4. The van der Waals surface area contributed by atoms with Crippen LogP contribution in [0.2, 0.25) is 10.0 Å². The van der Waals surface area contributed by atoms with E-state index in [1.807, 2.05) is 31.2 Å². The third-order valence-corrected chi connectivity index (χ3v) is 5.22. The molecule has 1 N–H and O–H groups in total. The van der Waals surface area contributed by atoms with Gasteiger partial charge in [-0.15, -0.1) is 0 Å². The molecule has 7 heteroatoms. The lowest BCUT2D eigenvalue weighted by molar-refractivity contribution is -0.142. The lowest BCUT2D eigenvalue weighted by atomic mass is 10.2. The summed E-state index contributed by atoms with van der Waals surface area (Å²) in [6.45, 7) is 1.82. The number of aryl methyl sites for hydroxylation is 1. The topological polar surface area (TPSA) is 64.6 Å². The molecule has 0 aliphatic heterocycles. The van der Waals surface area contributed by atoms with Gasteiger partial charge >= 0.3 is 5.97 Å². The van der Waals surface area contributed by atoms with Crippen molar-refractivity contribution in [3.63, 3.8) is 0 Å². The summed E-state index contributed by atoms with van der Waals surface area (Å²) in [5.41, 5.74) is 3.12. The second-order valence-electron chi connectivity index (χ2n) is 6.90. The van der Waals surface area contributed by atoms with E-state index >= 15 is 0 Å². The summed E-state index contributed by atoms with van der Waals surface area (Å²) in [6, 6.07) is 19.8. The van der Waals surface area contributed by atoms with Gasteiger partial charge in [-0.2, -0.15) is 0 Å². The number of rotatable bonds is 8. The summed E-state index contributed by atoms with van der Waals surface area (Å²) in [5, 5.41) is 3.82. The summed E-state index contributed by atoms with van der Waals surface area (Å²) in [6.07, 6.45) is 2.85. The standard InChI is InChI=1S/C25H21Cl2NO4/c1-17-6-10-20(14-23(17)27)28-24(29)16-32-25(30)13-9-18-7-11-21(12-8-18)31-15-19-4-2-3-5-22(19)26/h2-14H,15-16H2,1H3,(H,28,29)/b13-9+. The van der Waals surface area contributed by atoms with Crippen molar-refractivity contribution in [1.82, 2.24) is 0 Å². The highest BCUT2D eigenvalue weighted by Crippen LogP contribution is 2.20. The van der Waals surface area contributed by atoms with Crippen molar-refractivity contribution in [2.75, 3.05) is 11.9 Å².